The second-order valence-corrected chi connectivity index (χ2v) is 9.14. The highest BCUT2D eigenvalue weighted by Crippen LogP contribution is 2.32. The number of nitrogens with zero attached hydrogens (tertiary/aromatic N) is 3. The van der Waals surface area contributed by atoms with Crippen LogP contribution in [0.25, 0.3) is 4.96 Å². The summed E-state index contributed by atoms with van der Waals surface area (Å²) in [5.41, 5.74) is 0.875. The van der Waals surface area contributed by atoms with E-state index in [9.17, 15) is 8.42 Å². The van der Waals surface area contributed by atoms with E-state index in [1.54, 1.807) is 24.3 Å². The average Bonchev–Trinajstić information content (AvgIpc) is 3.12. The van der Waals surface area contributed by atoms with E-state index in [-0.39, 0.29) is 16.9 Å². The van der Waals surface area contributed by atoms with Gasteiger partial charge in [0, 0.05) is 5.92 Å². The van der Waals surface area contributed by atoms with Crippen LogP contribution in [-0.4, -0.2) is 30.1 Å². The Bertz CT molecular complexity index is 1040. The zero-order valence-electron chi connectivity index (χ0n) is 15.3. The summed E-state index contributed by atoms with van der Waals surface area (Å²) in [5.74, 6) is 0.585. The van der Waals surface area contributed by atoms with Crippen molar-refractivity contribution < 1.29 is 13.2 Å². The number of hydrogen-bond donors (Lipinski definition) is 1. The predicted molar refractivity (Wildman–Crippen MR) is 103 cm³/mol. The summed E-state index contributed by atoms with van der Waals surface area (Å²) in [7, 11) is -2.40. The number of hydrogen-bond acceptors (Lipinski definition) is 6. The topological polar surface area (TPSA) is 85.6 Å². The lowest BCUT2D eigenvalue weighted by Gasteiger charge is -2.12. The number of benzene rings is 1. The van der Waals surface area contributed by atoms with Gasteiger partial charge in [-0.05, 0) is 18.1 Å². The highest BCUT2D eigenvalue weighted by Gasteiger charge is 2.30. The van der Waals surface area contributed by atoms with Crippen LogP contribution in [0.5, 0.6) is 5.75 Å². The molecule has 0 spiro atoms. The zero-order chi connectivity index (χ0) is 19.1. The number of ether oxygens (including phenoxy) is 1. The first kappa shape index (κ1) is 18.7. The van der Waals surface area contributed by atoms with Gasteiger partial charge in [0.2, 0.25) is 9.99 Å². The smallest absolute Gasteiger partial charge is 0.281 e. The molecule has 140 valence electrons. The first-order chi connectivity index (χ1) is 12.2. The van der Waals surface area contributed by atoms with Gasteiger partial charge in [0.15, 0.2) is 0 Å². The number of nitrogens with one attached hydrogen (secondary N) is 1. The van der Waals surface area contributed by atoms with E-state index in [0.29, 0.717) is 22.1 Å². The Hall–Kier alpha value is -2.13. The van der Waals surface area contributed by atoms with E-state index < -0.39 is 10.0 Å². The van der Waals surface area contributed by atoms with Crippen molar-refractivity contribution in [1.82, 2.24) is 14.6 Å². The van der Waals surface area contributed by atoms with Crippen LogP contribution >= 0.6 is 11.3 Å². The van der Waals surface area contributed by atoms with Crippen LogP contribution in [-0.2, 0) is 10.0 Å². The summed E-state index contributed by atoms with van der Waals surface area (Å²) in [5, 5.41) is 5.41. The summed E-state index contributed by atoms with van der Waals surface area (Å²) in [6.07, 6.45) is 0. The van der Waals surface area contributed by atoms with Crippen LogP contribution in [0.15, 0.2) is 29.3 Å². The molecule has 3 rings (SSSR count). The predicted octanol–water partition coefficient (Wildman–Crippen LogP) is 3.85. The zero-order valence-corrected chi connectivity index (χ0v) is 17.0. The molecule has 0 radical (unpaired) electrons. The van der Waals surface area contributed by atoms with Crippen LogP contribution in [0.2, 0.25) is 0 Å². The molecule has 2 aromatic heterocycles. The number of rotatable bonds is 6. The summed E-state index contributed by atoms with van der Waals surface area (Å²) < 4.78 is 35.7. The second kappa shape index (κ2) is 6.88. The van der Waals surface area contributed by atoms with E-state index in [0.717, 1.165) is 5.01 Å². The molecule has 3 aromatic rings. The number of methoxy groups -OCH3 is 1. The average molecular weight is 395 g/mol. The van der Waals surface area contributed by atoms with Gasteiger partial charge in [-0.1, -0.05) is 51.2 Å². The third-order valence-corrected chi connectivity index (χ3v) is 6.44. The lowest BCUT2D eigenvalue weighted by atomic mass is 10.2. The minimum Gasteiger partial charge on any atom is -0.495 e. The maximum Gasteiger partial charge on any atom is 0.281 e. The lowest BCUT2D eigenvalue weighted by molar-refractivity contribution is 0.417. The van der Waals surface area contributed by atoms with Crippen molar-refractivity contribution in [2.24, 2.45) is 0 Å². The molecule has 0 saturated heterocycles. The van der Waals surface area contributed by atoms with Gasteiger partial charge in [-0.2, -0.15) is 18.0 Å². The van der Waals surface area contributed by atoms with Crippen molar-refractivity contribution >= 4 is 32.0 Å². The highest BCUT2D eigenvalue weighted by atomic mass is 32.2. The van der Waals surface area contributed by atoms with Crippen molar-refractivity contribution in [3.63, 3.8) is 0 Å². The first-order valence-corrected chi connectivity index (χ1v) is 10.6. The van der Waals surface area contributed by atoms with Crippen molar-refractivity contribution in [3.8, 4) is 5.75 Å². The van der Waals surface area contributed by atoms with Crippen molar-refractivity contribution in [2.75, 3.05) is 11.8 Å². The standard InChI is InChI=1S/C17H22N4O3S2/c1-10(2)14-16(21-17(18-14)25-15(19-21)11(3)4)26(22,23)20-12-8-6-7-9-13(12)24-5/h6-11,20H,1-5H3. The molecule has 9 heteroatoms. The molecule has 0 atom stereocenters. The summed E-state index contributed by atoms with van der Waals surface area (Å²) in [6.45, 7) is 7.86. The van der Waals surface area contributed by atoms with Gasteiger partial charge in [0.25, 0.3) is 10.0 Å². The van der Waals surface area contributed by atoms with Gasteiger partial charge in [-0.15, -0.1) is 0 Å². The van der Waals surface area contributed by atoms with Crippen LogP contribution in [0.4, 0.5) is 5.69 Å². The molecule has 0 fully saturated rings. The Labute approximate surface area is 157 Å². The van der Waals surface area contributed by atoms with Crippen LogP contribution in [0.1, 0.15) is 50.2 Å². The number of fused-ring (bicyclic) bond motifs is 1. The van der Waals surface area contributed by atoms with E-state index >= 15 is 0 Å². The fraction of sp³-hybridized carbons (Fsp3) is 0.412. The molecule has 26 heavy (non-hydrogen) atoms. The van der Waals surface area contributed by atoms with Crippen LogP contribution in [0.3, 0.4) is 0 Å². The van der Waals surface area contributed by atoms with E-state index in [2.05, 4.69) is 14.8 Å². The Morgan fingerprint density at radius 2 is 1.85 bits per heavy atom. The minimum atomic E-state index is -3.90. The maximum atomic E-state index is 13.2. The summed E-state index contributed by atoms with van der Waals surface area (Å²) >= 11 is 1.41. The molecular formula is C17H22N4O3S2. The molecule has 1 aromatic carbocycles. The number of anilines is 1. The third kappa shape index (κ3) is 3.28. The van der Waals surface area contributed by atoms with Crippen LogP contribution in [0, 0.1) is 0 Å². The van der Waals surface area contributed by atoms with Crippen molar-refractivity contribution in [2.45, 2.75) is 44.6 Å². The van der Waals surface area contributed by atoms with Gasteiger partial charge in [-0.3, -0.25) is 4.72 Å². The van der Waals surface area contributed by atoms with Gasteiger partial charge < -0.3 is 4.74 Å². The monoisotopic (exact) mass is 394 g/mol. The molecule has 0 aliphatic rings. The largest absolute Gasteiger partial charge is 0.495 e. The number of sulfonamides is 1. The molecule has 0 aliphatic carbocycles. The third-order valence-electron chi connectivity index (χ3n) is 3.85. The van der Waals surface area contributed by atoms with Gasteiger partial charge in [0.1, 0.15) is 10.8 Å². The molecule has 1 N–H and O–H groups in total. The van der Waals surface area contributed by atoms with Crippen molar-refractivity contribution in [3.05, 3.63) is 35.0 Å². The summed E-state index contributed by atoms with van der Waals surface area (Å²) in [6, 6.07) is 6.88. The Balaban J connectivity index is 2.16. The molecule has 0 bridgehead atoms. The minimum absolute atomic E-state index is 0.0596. The maximum absolute atomic E-state index is 13.2. The molecule has 0 aliphatic heterocycles. The Morgan fingerprint density at radius 1 is 1.15 bits per heavy atom. The normalized spacial score (nSPS) is 12.3. The highest BCUT2D eigenvalue weighted by molar-refractivity contribution is 7.92. The molecule has 0 unspecified atom stereocenters. The fourth-order valence-electron chi connectivity index (χ4n) is 2.54. The summed E-state index contributed by atoms with van der Waals surface area (Å²) in [4.78, 5) is 5.12. The van der Waals surface area contributed by atoms with Gasteiger partial charge in [0.05, 0.1) is 18.5 Å². The molecule has 7 nitrogen and oxygen atoms in total. The number of imidazole rings is 1. The quantitative estimate of drug-likeness (QED) is 0.686. The second-order valence-electron chi connectivity index (χ2n) is 6.55. The van der Waals surface area contributed by atoms with E-state index in [1.807, 2.05) is 27.7 Å². The fourth-order valence-corrected chi connectivity index (χ4v) is 4.98. The molecule has 2 heterocycles. The number of aromatic nitrogens is 3. The molecule has 0 amide bonds. The van der Waals surface area contributed by atoms with E-state index in [1.165, 1.54) is 23.0 Å². The Morgan fingerprint density at radius 3 is 2.46 bits per heavy atom. The van der Waals surface area contributed by atoms with Crippen LogP contribution < -0.4 is 9.46 Å². The lowest BCUT2D eigenvalue weighted by Crippen LogP contribution is -2.18. The molecule has 0 saturated carbocycles. The SMILES string of the molecule is COc1ccccc1NS(=O)(=O)c1c(C(C)C)nc2sc(C(C)C)nn12. The van der Waals surface area contributed by atoms with E-state index in [4.69, 9.17) is 4.74 Å². The van der Waals surface area contributed by atoms with Gasteiger partial charge in [-0.25, -0.2) is 4.98 Å². The first-order valence-electron chi connectivity index (χ1n) is 8.29. The van der Waals surface area contributed by atoms with Gasteiger partial charge >= 0.3 is 0 Å². The Kier molecular flexibility index (Phi) is 4.94. The van der Waals surface area contributed by atoms with Crippen molar-refractivity contribution in [1.29, 1.82) is 0 Å². The molecular weight excluding hydrogens is 372 g/mol. The number of para-hydroxylation sites is 2.